The van der Waals surface area contributed by atoms with Crippen LogP contribution in [-0.4, -0.2) is 37.5 Å². The molecule has 0 fully saturated rings. The lowest BCUT2D eigenvalue weighted by Gasteiger charge is -2.21. The van der Waals surface area contributed by atoms with Crippen LogP contribution < -0.4 is 0 Å². The zero-order valence-corrected chi connectivity index (χ0v) is 13.7. The maximum absolute atomic E-state index is 12.7. The minimum Gasteiger partial charge on any atom is -0.384 e. The predicted octanol–water partition coefficient (Wildman–Crippen LogP) is 2.15. The van der Waals surface area contributed by atoms with Gasteiger partial charge in [-0.05, 0) is 31.0 Å². The second-order valence-corrected chi connectivity index (χ2v) is 6.70. The molecule has 0 aliphatic heterocycles. The fourth-order valence-electron chi connectivity index (χ4n) is 2.02. The number of unbranched alkanes of at least 4 members (excludes halogenated alkanes) is 1. The minimum atomic E-state index is -3.50. The van der Waals surface area contributed by atoms with E-state index in [-0.39, 0.29) is 6.61 Å². The molecule has 116 valence electrons. The molecule has 5 heteroatoms. The van der Waals surface area contributed by atoms with Crippen LogP contribution in [0.4, 0.5) is 0 Å². The van der Waals surface area contributed by atoms with Gasteiger partial charge in [-0.15, -0.1) is 0 Å². The van der Waals surface area contributed by atoms with E-state index >= 15 is 0 Å². The largest absolute Gasteiger partial charge is 0.384 e. The maximum Gasteiger partial charge on any atom is 0.243 e. The molecule has 0 spiro atoms. The van der Waals surface area contributed by atoms with Gasteiger partial charge in [0, 0.05) is 18.7 Å². The molecular weight excluding hydrogens is 286 g/mol. The van der Waals surface area contributed by atoms with E-state index in [1.54, 1.807) is 25.1 Å². The Labute approximate surface area is 127 Å². The van der Waals surface area contributed by atoms with E-state index in [1.807, 2.05) is 13.8 Å². The Balaban J connectivity index is 3.22. The third-order valence-corrected chi connectivity index (χ3v) is 5.35. The fourth-order valence-corrected chi connectivity index (χ4v) is 3.76. The number of rotatable bonds is 6. The van der Waals surface area contributed by atoms with Crippen molar-refractivity contribution in [2.24, 2.45) is 0 Å². The van der Waals surface area contributed by atoms with Crippen LogP contribution in [0.15, 0.2) is 23.1 Å². The third kappa shape index (κ3) is 4.57. The molecule has 0 radical (unpaired) electrons. The summed E-state index contributed by atoms with van der Waals surface area (Å²) in [7, 11) is -3.50. The summed E-state index contributed by atoms with van der Waals surface area (Å²) >= 11 is 0. The van der Waals surface area contributed by atoms with E-state index in [1.165, 1.54) is 4.31 Å². The summed E-state index contributed by atoms with van der Waals surface area (Å²) in [6.07, 6.45) is 1.79. The number of aliphatic hydroxyl groups excluding tert-OH is 1. The van der Waals surface area contributed by atoms with Gasteiger partial charge in [-0.3, -0.25) is 0 Å². The molecule has 0 saturated carbocycles. The van der Waals surface area contributed by atoms with E-state index in [2.05, 4.69) is 11.8 Å². The molecule has 1 rings (SSSR count). The first-order chi connectivity index (χ1) is 9.97. The second-order valence-electron chi connectivity index (χ2n) is 4.79. The lowest BCUT2D eigenvalue weighted by atomic mass is 10.1. The number of nitrogens with zero attached hydrogens (tertiary/aromatic N) is 1. The molecule has 0 amide bonds. The molecule has 0 unspecified atom stereocenters. The van der Waals surface area contributed by atoms with Crippen molar-refractivity contribution in [2.75, 3.05) is 19.7 Å². The van der Waals surface area contributed by atoms with Crippen molar-refractivity contribution in [2.45, 2.75) is 38.5 Å². The molecule has 1 aromatic carbocycles. The highest BCUT2D eigenvalue weighted by Gasteiger charge is 2.24. The maximum atomic E-state index is 12.7. The Bertz CT molecular complexity index is 627. The Morgan fingerprint density at radius 1 is 1.29 bits per heavy atom. The van der Waals surface area contributed by atoms with Gasteiger partial charge < -0.3 is 5.11 Å². The van der Waals surface area contributed by atoms with Gasteiger partial charge in [0.05, 0.1) is 4.90 Å². The highest BCUT2D eigenvalue weighted by Crippen LogP contribution is 2.21. The molecule has 0 saturated heterocycles. The molecule has 4 nitrogen and oxygen atoms in total. The van der Waals surface area contributed by atoms with Gasteiger partial charge in [0.25, 0.3) is 0 Å². The van der Waals surface area contributed by atoms with Crippen molar-refractivity contribution in [3.8, 4) is 11.8 Å². The highest BCUT2D eigenvalue weighted by molar-refractivity contribution is 7.89. The number of sulfonamides is 1. The molecule has 21 heavy (non-hydrogen) atoms. The molecule has 0 aliphatic carbocycles. The zero-order chi connectivity index (χ0) is 15.9. The summed E-state index contributed by atoms with van der Waals surface area (Å²) in [5, 5.41) is 8.73. The van der Waals surface area contributed by atoms with Crippen LogP contribution in [0.3, 0.4) is 0 Å². The van der Waals surface area contributed by atoms with E-state index < -0.39 is 10.0 Å². The molecular formula is C16H23NO3S. The van der Waals surface area contributed by atoms with E-state index in [0.717, 1.165) is 12.8 Å². The monoisotopic (exact) mass is 309 g/mol. The number of hydrogen-bond donors (Lipinski definition) is 1. The normalized spacial score (nSPS) is 11.3. The average molecular weight is 309 g/mol. The fraction of sp³-hybridized carbons (Fsp3) is 0.500. The zero-order valence-electron chi connectivity index (χ0n) is 12.9. The van der Waals surface area contributed by atoms with Crippen LogP contribution >= 0.6 is 0 Å². The summed E-state index contributed by atoms with van der Waals surface area (Å²) in [6.45, 7) is 6.40. The van der Waals surface area contributed by atoms with Crippen molar-refractivity contribution in [1.29, 1.82) is 0 Å². The quantitative estimate of drug-likeness (QED) is 0.819. The van der Waals surface area contributed by atoms with Gasteiger partial charge in [0.1, 0.15) is 6.61 Å². The van der Waals surface area contributed by atoms with Crippen molar-refractivity contribution in [3.05, 3.63) is 29.3 Å². The highest BCUT2D eigenvalue weighted by atomic mass is 32.2. The summed E-state index contributed by atoms with van der Waals surface area (Å²) in [4.78, 5) is 0.296. The SMILES string of the molecule is CCCCN(CC)S(=O)(=O)c1cc(C#CCO)ccc1C. The Kier molecular flexibility index (Phi) is 6.90. The molecule has 0 atom stereocenters. The summed E-state index contributed by atoms with van der Waals surface area (Å²) in [5.41, 5.74) is 1.30. The Hall–Kier alpha value is -1.35. The number of benzene rings is 1. The van der Waals surface area contributed by atoms with Gasteiger partial charge >= 0.3 is 0 Å². The second kappa shape index (κ2) is 8.18. The van der Waals surface area contributed by atoms with Crippen LogP contribution in [0, 0.1) is 18.8 Å². The van der Waals surface area contributed by atoms with Gasteiger partial charge in [0.2, 0.25) is 10.0 Å². The summed E-state index contributed by atoms with van der Waals surface area (Å²) in [5.74, 6) is 5.29. The number of aryl methyl sites for hydroxylation is 1. The minimum absolute atomic E-state index is 0.243. The van der Waals surface area contributed by atoms with E-state index in [4.69, 9.17) is 5.11 Å². The standard InChI is InChI=1S/C16H23NO3S/c1-4-6-11-17(5-2)21(19,20)16-13-15(8-7-12-18)10-9-14(16)3/h9-10,13,18H,4-6,11-12H2,1-3H3. The van der Waals surface area contributed by atoms with E-state index in [9.17, 15) is 8.42 Å². The lowest BCUT2D eigenvalue weighted by Crippen LogP contribution is -2.32. The Morgan fingerprint density at radius 2 is 2.00 bits per heavy atom. The first-order valence-corrected chi connectivity index (χ1v) is 8.61. The third-order valence-electron chi connectivity index (χ3n) is 3.23. The predicted molar refractivity (Wildman–Crippen MR) is 84.5 cm³/mol. The van der Waals surface area contributed by atoms with Crippen molar-refractivity contribution >= 4 is 10.0 Å². The van der Waals surface area contributed by atoms with Crippen molar-refractivity contribution < 1.29 is 13.5 Å². The molecule has 0 aromatic heterocycles. The van der Waals surface area contributed by atoms with Crippen molar-refractivity contribution in [1.82, 2.24) is 4.31 Å². The van der Waals surface area contributed by atoms with Crippen LogP contribution in [0.1, 0.15) is 37.8 Å². The van der Waals surface area contributed by atoms with Crippen LogP contribution in [0.25, 0.3) is 0 Å². The average Bonchev–Trinajstić information content (AvgIpc) is 2.46. The molecule has 0 heterocycles. The molecule has 1 aromatic rings. The molecule has 1 N–H and O–H groups in total. The van der Waals surface area contributed by atoms with Gasteiger partial charge in [0.15, 0.2) is 0 Å². The Morgan fingerprint density at radius 3 is 2.57 bits per heavy atom. The lowest BCUT2D eigenvalue weighted by molar-refractivity contribution is 0.350. The molecule has 0 bridgehead atoms. The topological polar surface area (TPSA) is 57.6 Å². The van der Waals surface area contributed by atoms with Gasteiger partial charge in [-0.1, -0.05) is 38.2 Å². The number of hydrogen-bond acceptors (Lipinski definition) is 3. The van der Waals surface area contributed by atoms with Crippen molar-refractivity contribution in [3.63, 3.8) is 0 Å². The first kappa shape index (κ1) is 17.7. The van der Waals surface area contributed by atoms with Crippen LogP contribution in [0.5, 0.6) is 0 Å². The number of aliphatic hydroxyl groups is 1. The van der Waals surface area contributed by atoms with Gasteiger partial charge in [-0.25, -0.2) is 8.42 Å². The first-order valence-electron chi connectivity index (χ1n) is 7.17. The van der Waals surface area contributed by atoms with Gasteiger partial charge in [-0.2, -0.15) is 4.31 Å². The smallest absolute Gasteiger partial charge is 0.243 e. The van der Waals surface area contributed by atoms with Crippen LogP contribution in [-0.2, 0) is 10.0 Å². The van der Waals surface area contributed by atoms with E-state index in [0.29, 0.717) is 29.1 Å². The molecule has 0 aliphatic rings. The van der Waals surface area contributed by atoms with Crippen LogP contribution in [0.2, 0.25) is 0 Å². The summed E-state index contributed by atoms with van der Waals surface area (Å²) in [6, 6.07) is 5.10. The summed E-state index contributed by atoms with van der Waals surface area (Å²) < 4.78 is 27.0.